The molecule has 1 aliphatic rings. The van der Waals surface area contributed by atoms with E-state index in [2.05, 4.69) is 4.72 Å². The third kappa shape index (κ3) is 3.65. The van der Waals surface area contributed by atoms with Crippen LogP contribution in [0.5, 0.6) is 0 Å². The lowest BCUT2D eigenvalue weighted by Crippen LogP contribution is -2.54. The van der Waals surface area contributed by atoms with Gasteiger partial charge < -0.3 is 10.0 Å². The van der Waals surface area contributed by atoms with Crippen LogP contribution < -0.4 is 4.72 Å². The minimum atomic E-state index is -3.76. The summed E-state index contributed by atoms with van der Waals surface area (Å²) in [7, 11) is -3.76. The van der Waals surface area contributed by atoms with E-state index in [-0.39, 0.29) is 4.21 Å². The second-order valence-corrected chi connectivity index (χ2v) is 8.05. The van der Waals surface area contributed by atoms with E-state index in [0.29, 0.717) is 13.0 Å². The van der Waals surface area contributed by atoms with Crippen LogP contribution in [-0.2, 0) is 19.6 Å². The Bertz CT molecular complexity index is 641. The fourth-order valence-corrected chi connectivity index (χ4v) is 4.66. The molecule has 2 heterocycles. The van der Waals surface area contributed by atoms with Crippen LogP contribution >= 0.6 is 11.3 Å². The number of nitrogens with zero attached hydrogens (tertiary/aromatic N) is 1. The lowest BCUT2D eigenvalue weighted by atomic mass is 10.0. The Labute approximate surface area is 133 Å². The molecule has 1 amide bonds. The molecule has 1 unspecified atom stereocenters. The van der Waals surface area contributed by atoms with Gasteiger partial charge in [-0.1, -0.05) is 6.07 Å². The van der Waals surface area contributed by atoms with E-state index >= 15 is 0 Å². The van der Waals surface area contributed by atoms with Gasteiger partial charge in [0.1, 0.15) is 10.3 Å². The van der Waals surface area contributed by atoms with Gasteiger partial charge in [-0.15, -0.1) is 11.3 Å². The molecule has 1 aromatic heterocycles. The van der Waals surface area contributed by atoms with Gasteiger partial charge in [-0.05, 0) is 37.6 Å². The number of aliphatic carboxylic acids is 1. The predicted molar refractivity (Wildman–Crippen MR) is 81.1 cm³/mol. The first kappa shape index (κ1) is 16.9. The minimum Gasteiger partial charge on any atom is -0.480 e. The highest BCUT2D eigenvalue weighted by atomic mass is 32.2. The number of likely N-dealkylation sites (tertiary alicyclic amines) is 1. The van der Waals surface area contributed by atoms with Gasteiger partial charge in [0.2, 0.25) is 5.91 Å². The molecule has 122 valence electrons. The van der Waals surface area contributed by atoms with Crippen LogP contribution in [0.25, 0.3) is 0 Å². The molecule has 1 saturated heterocycles. The van der Waals surface area contributed by atoms with Gasteiger partial charge in [0.25, 0.3) is 10.0 Å². The molecular formula is C13H18N2O5S2. The smallest absolute Gasteiger partial charge is 0.326 e. The number of carboxylic acid groups (broad SMARTS) is 1. The Balaban J connectivity index is 2.10. The summed E-state index contributed by atoms with van der Waals surface area (Å²) in [5, 5.41) is 10.8. The SMILES string of the molecule is CC(NS(=O)(=O)c1cccs1)C(=O)N1CCCC[C@@H]1C(=O)O. The quantitative estimate of drug-likeness (QED) is 0.824. The van der Waals surface area contributed by atoms with Gasteiger partial charge in [-0.25, -0.2) is 13.2 Å². The molecule has 2 rings (SSSR count). The number of carbonyl (C=O) groups excluding carboxylic acids is 1. The third-order valence-electron chi connectivity index (χ3n) is 3.53. The highest BCUT2D eigenvalue weighted by Gasteiger charge is 2.35. The lowest BCUT2D eigenvalue weighted by Gasteiger charge is -2.34. The van der Waals surface area contributed by atoms with Crippen LogP contribution in [0.1, 0.15) is 26.2 Å². The average Bonchev–Trinajstić information content (AvgIpc) is 3.01. The van der Waals surface area contributed by atoms with Crippen molar-refractivity contribution in [2.45, 2.75) is 42.5 Å². The number of nitrogens with one attached hydrogen (secondary N) is 1. The summed E-state index contributed by atoms with van der Waals surface area (Å²) in [6.07, 6.45) is 1.86. The van der Waals surface area contributed by atoms with E-state index in [9.17, 15) is 23.1 Å². The van der Waals surface area contributed by atoms with Crippen LogP contribution in [0.15, 0.2) is 21.7 Å². The van der Waals surface area contributed by atoms with E-state index in [4.69, 9.17) is 0 Å². The van der Waals surface area contributed by atoms with Crippen molar-refractivity contribution in [1.29, 1.82) is 0 Å². The van der Waals surface area contributed by atoms with E-state index in [1.807, 2.05) is 0 Å². The summed E-state index contributed by atoms with van der Waals surface area (Å²) in [4.78, 5) is 24.9. The van der Waals surface area contributed by atoms with Gasteiger partial charge in [-0.3, -0.25) is 4.79 Å². The highest BCUT2D eigenvalue weighted by Crippen LogP contribution is 2.20. The van der Waals surface area contributed by atoms with Crippen molar-refractivity contribution in [3.8, 4) is 0 Å². The van der Waals surface area contributed by atoms with Crippen molar-refractivity contribution >= 4 is 33.2 Å². The summed E-state index contributed by atoms with van der Waals surface area (Å²) in [5.74, 6) is -1.56. The monoisotopic (exact) mass is 346 g/mol. The van der Waals surface area contributed by atoms with Crippen LogP contribution in [0.2, 0.25) is 0 Å². The summed E-state index contributed by atoms with van der Waals surface area (Å²) >= 11 is 1.06. The van der Waals surface area contributed by atoms with Crippen molar-refractivity contribution in [3.63, 3.8) is 0 Å². The normalized spacial score (nSPS) is 20.6. The largest absolute Gasteiger partial charge is 0.480 e. The fourth-order valence-electron chi connectivity index (χ4n) is 2.46. The molecule has 0 radical (unpaired) electrons. The van der Waals surface area contributed by atoms with Crippen LogP contribution in [0.3, 0.4) is 0 Å². The molecule has 1 aromatic rings. The standard InChI is InChI=1S/C13H18N2O5S2/c1-9(14-22(19,20)11-6-4-8-21-11)12(16)15-7-3-2-5-10(15)13(17)18/h4,6,8-10,14H,2-3,5,7H2,1H3,(H,17,18)/t9?,10-/m1/s1. The number of hydrogen-bond donors (Lipinski definition) is 2. The fraction of sp³-hybridized carbons (Fsp3) is 0.538. The number of hydrogen-bond acceptors (Lipinski definition) is 5. The van der Waals surface area contributed by atoms with Crippen LogP contribution in [0.4, 0.5) is 0 Å². The Hall–Kier alpha value is -1.45. The zero-order chi connectivity index (χ0) is 16.3. The molecule has 22 heavy (non-hydrogen) atoms. The number of carbonyl (C=O) groups is 2. The zero-order valence-electron chi connectivity index (χ0n) is 12.1. The Kier molecular flexibility index (Phi) is 5.20. The topological polar surface area (TPSA) is 104 Å². The summed E-state index contributed by atoms with van der Waals surface area (Å²) in [5.41, 5.74) is 0. The molecule has 0 spiro atoms. The van der Waals surface area contributed by atoms with Crippen molar-refractivity contribution in [2.24, 2.45) is 0 Å². The Morgan fingerprint density at radius 3 is 2.77 bits per heavy atom. The molecule has 0 bridgehead atoms. The molecule has 0 saturated carbocycles. The zero-order valence-corrected chi connectivity index (χ0v) is 13.7. The first-order valence-electron chi connectivity index (χ1n) is 6.92. The third-order valence-corrected chi connectivity index (χ3v) is 6.47. The first-order chi connectivity index (χ1) is 10.3. The van der Waals surface area contributed by atoms with Crippen molar-refractivity contribution in [1.82, 2.24) is 9.62 Å². The second-order valence-electron chi connectivity index (χ2n) is 5.16. The number of thiophene rings is 1. The highest BCUT2D eigenvalue weighted by molar-refractivity contribution is 7.91. The molecular weight excluding hydrogens is 328 g/mol. The maximum atomic E-state index is 12.4. The Morgan fingerprint density at radius 1 is 1.45 bits per heavy atom. The molecule has 2 N–H and O–H groups in total. The Morgan fingerprint density at radius 2 is 2.18 bits per heavy atom. The molecule has 7 nitrogen and oxygen atoms in total. The maximum Gasteiger partial charge on any atom is 0.326 e. The summed E-state index contributed by atoms with van der Waals surface area (Å²) in [6, 6.07) is 1.17. The van der Waals surface area contributed by atoms with Crippen LogP contribution in [-0.4, -0.2) is 48.9 Å². The number of sulfonamides is 1. The van der Waals surface area contributed by atoms with Crippen molar-refractivity contribution < 1.29 is 23.1 Å². The number of piperidine rings is 1. The van der Waals surface area contributed by atoms with Gasteiger partial charge in [0.05, 0.1) is 6.04 Å². The maximum absolute atomic E-state index is 12.4. The van der Waals surface area contributed by atoms with Gasteiger partial charge in [0, 0.05) is 6.54 Å². The first-order valence-corrected chi connectivity index (χ1v) is 9.28. The number of carboxylic acids is 1. The molecule has 2 atom stereocenters. The van der Waals surface area contributed by atoms with Crippen LogP contribution in [0, 0.1) is 0 Å². The van der Waals surface area contributed by atoms with Crippen molar-refractivity contribution in [2.75, 3.05) is 6.54 Å². The molecule has 0 aliphatic carbocycles. The van der Waals surface area contributed by atoms with Gasteiger partial charge in [-0.2, -0.15) is 4.72 Å². The average molecular weight is 346 g/mol. The van der Waals surface area contributed by atoms with E-state index in [1.165, 1.54) is 17.9 Å². The van der Waals surface area contributed by atoms with E-state index in [1.54, 1.807) is 11.4 Å². The number of rotatable bonds is 5. The lowest BCUT2D eigenvalue weighted by molar-refractivity contribution is -0.152. The van der Waals surface area contributed by atoms with Gasteiger partial charge in [0.15, 0.2) is 0 Å². The predicted octanol–water partition coefficient (Wildman–Crippen LogP) is 0.881. The molecule has 1 aliphatic heterocycles. The van der Waals surface area contributed by atoms with E-state index < -0.39 is 34.0 Å². The summed E-state index contributed by atoms with van der Waals surface area (Å²) < 4.78 is 26.7. The van der Waals surface area contributed by atoms with Gasteiger partial charge >= 0.3 is 5.97 Å². The molecule has 0 aromatic carbocycles. The number of amides is 1. The second kappa shape index (κ2) is 6.76. The molecule has 1 fully saturated rings. The van der Waals surface area contributed by atoms with E-state index in [0.717, 1.165) is 24.2 Å². The van der Waals surface area contributed by atoms with Crippen molar-refractivity contribution in [3.05, 3.63) is 17.5 Å². The minimum absolute atomic E-state index is 0.126. The summed E-state index contributed by atoms with van der Waals surface area (Å²) in [6.45, 7) is 1.77. The molecule has 9 heteroatoms.